The molecule has 0 aliphatic carbocycles. The number of ketones is 1. The van der Waals surface area contributed by atoms with Crippen LogP contribution < -0.4 is 0 Å². The van der Waals surface area contributed by atoms with Crippen LogP contribution in [0.1, 0.15) is 34.6 Å². The standard InChI is InChI=1S/C10H18O3S/c1-7(11)8(2)14-6-9(12)13-10(3,4)5/h8H,6H2,1-5H3. The summed E-state index contributed by atoms with van der Waals surface area (Å²) < 4.78 is 5.10. The summed E-state index contributed by atoms with van der Waals surface area (Å²) in [5.74, 6) is 0.0482. The molecule has 3 nitrogen and oxygen atoms in total. The Kier molecular flexibility index (Phi) is 5.19. The molecule has 0 bridgehead atoms. The Balaban J connectivity index is 3.81. The van der Waals surface area contributed by atoms with Gasteiger partial charge >= 0.3 is 5.97 Å². The van der Waals surface area contributed by atoms with Crippen LogP contribution in [0.3, 0.4) is 0 Å². The summed E-state index contributed by atoms with van der Waals surface area (Å²) >= 11 is 1.31. The first-order valence-electron chi connectivity index (χ1n) is 4.56. The first kappa shape index (κ1) is 13.5. The van der Waals surface area contributed by atoms with E-state index in [2.05, 4.69) is 0 Å². The molecule has 0 heterocycles. The number of ether oxygens (including phenoxy) is 1. The molecule has 0 aliphatic rings. The summed E-state index contributed by atoms with van der Waals surface area (Å²) in [5, 5.41) is -0.137. The fourth-order valence-electron chi connectivity index (χ4n) is 0.681. The van der Waals surface area contributed by atoms with Gasteiger partial charge in [0.1, 0.15) is 11.4 Å². The number of carbonyl (C=O) groups excluding carboxylic acids is 2. The Morgan fingerprint density at radius 3 is 2.21 bits per heavy atom. The van der Waals surface area contributed by atoms with E-state index >= 15 is 0 Å². The Morgan fingerprint density at radius 1 is 1.36 bits per heavy atom. The van der Waals surface area contributed by atoms with Crippen LogP contribution in [0.5, 0.6) is 0 Å². The van der Waals surface area contributed by atoms with E-state index in [0.29, 0.717) is 0 Å². The molecule has 0 aromatic heterocycles. The number of hydrogen-bond donors (Lipinski definition) is 0. The molecule has 0 fully saturated rings. The van der Waals surface area contributed by atoms with Crippen LogP contribution in [-0.4, -0.2) is 28.4 Å². The molecule has 0 radical (unpaired) electrons. The molecule has 0 N–H and O–H groups in total. The Bertz CT molecular complexity index is 218. The molecule has 0 aliphatic heterocycles. The van der Waals surface area contributed by atoms with Gasteiger partial charge in [0.2, 0.25) is 0 Å². The van der Waals surface area contributed by atoms with Crippen molar-refractivity contribution in [3.8, 4) is 0 Å². The molecule has 0 spiro atoms. The van der Waals surface area contributed by atoms with Gasteiger partial charge < -0.3 is 4.74 Å². The number of carbonyl (C=O) groups is 2. The molecule has 0 aromatic rings. The topological polar surface area (TPSA) is 43.4 Å². The second-order valence-electron chi connectivity index (χ2n) is 4.15. The van der Waals surface area contributed by atoms with Gasteiger partial charge in [-0.05, 0) is 34.6 Å². The first-order valence-corrected chi connectivity index (χ1v) is 5.61. The number of esters is 1. The van der Waals surface area contributed by atoms with Gasteiger partial charge in [0.15, 0.2) is 0 Å². The smallest absolute Gasteiger partial charge is 0.316 e. The Morgan fingerprint density at radius 2 is 1.86 bits per heavy atom. The highest BCUT2D eigenvalue weighted by atomic mass is 32.2. The van der Waals surface area contributed by atoms with Gasteiger partial charge in [-0.25, -0.2) is 0 Å². The maximum absolute atomic E-state index is 11.2. The lowest BCUT2D eigenvalue weighted by Gasteiger charge is -2.19. The van der Waals surface area contributed by atoms with Crippen molar-refractivity contribution >= 4 is 23.5 Å². The second-order valence-corrected chi connectivity index (χ2v) is 5.48. The Labute approximate surface area is 89.6 Å². The molecule has 0 saturated heterocycles. The number of thioether (sulfide) groups is 1. The van der Waals surface area contributed by atoms with E-state index < -0.39 is 5.60 Å². The monoisotopic (exact) mass is 218 g/mol. The number of Topliss-reactive ketones (excluding diaryl/α,β-unsaturated/α-hetero) is 1. The molecular formula is C10H18O3S. The molecule has 14 heavy (non-hydrogen) atoms. The predicted molar refractivity (Wildman–Crippen MR) is 58.4 cm³/mol. The van der Waals surface area contributed by atoms with Crippen LogP contribution >= 0.6 is 11.8 Å². The molecule has 82 valence electrons. The lowest BCUT2D eigenvalue weighted by molar-refractivity contribution is -0.151. The van der Waals surface area contributed by atoms with Crippen molar-refractivity contribution in [3.05, 3.63) is 0 Å². The van der Waals surface area contributed by atoms with Gasteiger partial charge in [-0.15, -0.1) is 11.8 Å². The third-order valence-corrected chi connectivity index (χ3v) is 2.68. The van der Waals surface area contributed by atoms with E-state index in [1.165, 1.54) is 18.7 Å². The predicted octanol–water partition coefficient (Wildman–Crippen LogP) is 2.04. The van der Waals surface area contributed by atoms with Crippen LogP contribution in [-0.2, 0) is 14.3 Å². The van der Waals surface area contributed by atoms with E-state index in [1.54, 1.807) is 6.92 Å². The molecule has 0 amide bonds. The van der Waals surface area contributed by atoms with Gasteiger partial charge in [0, 0.05) is 0 Å². The maximum atomic E-state index is 11.2. The lowest BCUT2D eigenvalue weighted by atomic mass is 10.2. The van der Waals surface area contributed by atoms with Crippen LogP contribution in [0.25, 0.3) is 0 Å². The summed E-state index contributed by atoms with van der Waals surface area (Å²) in [5.41, 5.74) is -0.447. The van der Waals surface area contributed by atoms with Gasteiger partial charge in [0.05, 0.1) is 11.0 Å². The number of rotatable bonds is 4. The fraction of sp³-hybridized carbons (Fsp3) is 0.800. The molecule has 1 unspecified atom stereocenters. The van der Waals surface area contributed by atoms with Crippen molar-refractivity contribution < 1.29 is 14.3 Å². The number of hydrogen-bond acceptors (Lipinski definition) is 4. The van der Waals surface area contributed by atoms with E-state index in [0.717, 1.165) is 0 Å². The third-order valence-electron chi connectivity index (χ3n) is 1.44. The van der Waals surface area contributed by atoms with Crippen molar-refractivity contribution in [3.63, 3.8) is 0 Å². The van der Waals surface area contributed by atoms with Crippen LogP contribution in [0, 0.1) is 0 Å². The van der Waals surface area contributed by atoms with Gasteiger partial charge in [-0.2, -0.15) is 0 Å². The minimum absolute atomic E-state index is 0.0820. The van der Waals surface area contributed by atoms with E-state index in [4.69, 9.17) is 4.74 Å². The first-order chi connectivity index (χ1) is 6.22. The van der Waals surface area contributed by atoms with Crippen LogP contribution in [0.4, 0.5) is 0 Å². The van der Waals surface area contributed by atoms with Gasteiger partial charge in [-0.3, -0.25) is 9.59 Å². The van der Waals surface area contributed by atoms with Crippen molar-refractivity contribution in [1.29, 1.82) is 0 Å². The minimum Gasteiger partial charge on any atom is -0.459 e. The SMILES string of the molecule is CC(=O)C(C)SCC(=O)OC(C)(C)C. The summed E-state index contributed by atoms with van der Waals surface area (Å²) in [6.07, 6.45) is 0. The van der Waals surface area contributed by atoms with Crippen molar-refractivity contribution in [2.75, 3.05) is 5.75 Å². The third kappa shape index (κ3) is 6.95. The molecule has 4 heteroatoms. The molecule has 1 atom stereocenters. The van der Waals surface area contributed by atoms with E-state index in [9.17, 15) is 9.59 Å². The average Bonchev–Trinajstić information content (AvgIpc) is 1.96. The zero-order valence-electron chi connectivity index (χ0n) is 9.42. The highest BCUT2D eigenvalue weighted by Gasteiger charge is 2.17. The zero-order valence-corrected chi connectivity index (χ0v) is 10.2. The summed E-state index contributed by atoms with van der Waals surface area (Å²) in [7, 11) is 0. The summed E-state index contributed by atoms with van der Waals surface area (Å²) in [4.78, 5) is 22.1. The highest BCUT2D eigenvalue weighted by molar-refractivity contribution is 8.01. The second kappa shape index (κ2) is 5.39. The molecular weight excluding hydrogens is 200 g/mol. The quantitative estimate of drug-likeness (QED) is 0.677. The van der Waals surface area contributed by atoms with Crippen molar-refractivity contribution in [2.45, 2.75) is 45.5 Å². The van der Waals surface area contributed by atoms with E-state index in [1.807, 2.05) is 20.8 Å². The zero-order chi connectivity index (χ0) is 11.4. The highest BCUT2D eigenvalue weighted by Crippen LogP contribution is 2.14. The van der Waals surface area contributed by atoms with Crippen LogP contribution in [0.15, 0.2) is 0 Å². The van der Waals surface area contributed by atoms with Crippen LogP contribution in [0.2, 0.25) is 0 Å². The summed E-state index contributed by atoms with van der Waals surface area (Å²) in [6, 6.07) is 0. The van der Waals surface area contributed by atoms with Crippen molar-refractivity contribution in [1.82, 2.24) is 0 Å². The van der Waals surface area contributed by atoms with E-state index in [-0.39, 0.29) is 22.8 Å². The Hall–Kier alpha value is -0.510. The fourth-order valence-corrected chi connectivity index (χ4v) is 1.36. The molecule has 0 aromatic carbocycles. The molecule has 0 rings (SSSR count). The largest absolute Gasteiger partial charge is 0.459 e. The molecule has 0 saturated carbocycles. The minimum atomic E-state index is -0.447. The summed E-state index contributed by atoms with van der Waals surface area (Å²) in [6.45, 7) is 8.78. The maximum Gasteiger partial charge on any atom is 0.316 e. The normalized spacial score (nSPS) is 13.5. The van der Waals surface area contributed by atoms with Gasteiger partial charge in [0.25, 0.3) is 0 Å². The van der Waals surface area contributed by atoms with Gasteiger partial charge in [-0.1, -0.05) is 0 Å². The van der Waals surface area contributed by atoms with Crippen molar-refractivity contribution in [2.24, 2.45) is 0 Å². The average molecular weight is 218 g/mol. The lowest BCUT2D eigenvalue weighted by Crippen LogP contribution is -2.25.